The van der Waals surface area contributed by atoms with Crippen molar-refractivity contribution in [2.24, 2.45) is 0 Å². The van der Waals surface area contributed by atoms with Gasteiger partial charge in [-0.3, -0.25) is 4.79 Å². The lowest BCUT2D eigenvalue weighted by molar-refractivity contribution is -0.119. The van der Waals surface area contributed by atoms with Gasteiger partial charge in [-0.1, -0.05) is 12.1 Å². The number of carbonyl (C=O) groups excluding carboxylic acids is 1. The summed E-state index contributed by atoms with van der Waals surface area (Å²) in [6, 6.07) is 5.69. The molecule has 0 atom stereocenters. The number of hydrogen-bond acceptors (Lipinski definition) is 4. The van der Waals surface area contributed by atoms with E-state index in [1.54, 1.807) is 7.05 Å². The molecule has 0 saturated carbocycles. The van der Waals surface area contributed by atoms with Crippen molar-refractivity contribution in [1.29, 1.82) is 0 Å². The first-order valence-corrected chi connectivity index (χ1v) is 4.95. The molecule has 0 unspecified atom stereocenters. The van der Waals surface area contributed by atoms with Gasteiger partial charge in [0.25, 0.3) is 0 Å². The summed E-state index contributed by atoms with van der Waals surface area (Å²) in [7, 11) is 1.63. The van der Waals surface area contributed by atoms with Gasteiger partial charge in [-0.15, -0.1) is 0 Å². The highest BCUT2D eigenvalue weighted by Gasteiger charge is 2.07. The second-order valence-corrected chi connectivity index (χ2v) is 3.43. The van der Waals surface area contributed by atoms with E-state index in [0.717, 1.165) is 16.6 Å². The van der Waals surface area contributed by atoms with Crippen LogP contribution in [0, 0.1) is 0 Å². The van der Waals surface area contributed by atoms with Crippen LogP contribution in [0.25, 0.3) is 11.0 Å². The molecular weight excluding hydrogens is 198 g/mol. The van der Waals surface area contributed by atoms with Gasteiger partial charge in [0.2, 0.25) is 5.91 Å². The number of aromatic nitrogens is 2. The number of rotatable bonds is 2. The average molecular weight is 207 g/mol. The molecule has 0 bridgehead atoms. The van der Waals surface area contributed by atoms with Crippen LogP contribution in [0.3, 0.4) is 0 Å². The SMILES string of the molecule is CNC(=O)Cc1cccc2nsnc12. The molecule has 72 valence electrons. The fourth-order valence-corrected chi connectivity index (χ4v) is 1.83. The largest absolute Gasteiger partial charge is 0.359 e. The molecule has 0 aliphatic rings. The average Bonchev–Trinajstić information content (AvgIpc) is 2.66. The molecule has 5 heteroatoms. The van der Waals surface area contributed by atoms with Crippen LogP contribution in [-0.2, 0) is 11.2 Å². The minimum Gasteiger partial charge on any atom is -0.359 e. The summed E-state index contributed by atoms with van der Waals surface area (Å²) in [5, 5.41) is 2.59. The molecule has 2 aromatic rings. The van der Waals surface area contributed by atoms with Crippen LogP contribution < -0.4 is 5.32 Å². The minimum absolute atomic E-state index is 0.00880. The number of carbonyl (C=O) groups is 1. The normalized spacial score (nSPS) is 10.4. The zero-order chi connectivity index (χ0) is 9.97. The Labute approximate surface area is 85.3 Å². The Hall–Kier alpha value is -1.49. The predicted molar refractivity (Wildman–Crippen MR) is 55.2 cm³/mol. The molecule has 2 rings (SSSR count). The van der Waals surface area contributed by atoms with E-state index >= 15 is 0 Å². The molecule has 1 amide bonds. The van der Waals surface area contributed by atoms with Crippen molar-refractivity contribution in [3.63, 3.8) is 0 Å². The van der Waals surface area contributed by atoms with Crippen LogP contribution in [-0.4, -0.2) is 21.7 Å². The van der Waals surface area contributed by atoms with Gasteiger partial charge in [0.05, 0.1) is 18.1 Å². The lowest BCUT2D eigenvalue weighted by Gasteiger charge is -1.99. The molecule has 0 radical (unpaired) electrons. The Kier molecular flexibility index (Phi) is 2.41. The molecule has 1 aromatic heterocycles. The predicted octanol–water partition coefficient (Wildman–Crippen LogP) is 0.980. The number of likely N-dealkylation sites (N-methyl/N-ethyl adjacent to an activating group) is 1. The van der Waals surface area contributed by atoms with Crippen molar-refractivity contribution in [2.75, 3.05) is 7.05 Å². The third-order valence-electron chi connectivity index (χ3n) is 2.00. The summed E-state index contributed by atoms with van der Waals surface area (Å²) in [6.07, 6.45) is 0.360. The standard InChI is InChI=1S/C9H9N3OS/c1-10-8(13)5-6-3-2-4-7-9(6)12-14-11-7/h2-4H,5H2,1H3,(H,10,13). The summed E-state index contributed by atoms with van der Waals surface area (Å²) in [6.45, 7) is 0. The molecule has 0 aliphatic carbocycles. The lowest BCUT2D eigenvalue weighted by Crippen LogP contribution is -2.20. The van der Waals surface area contributed by atoms with E-state index in [9.17, 15) is 4.79 Å². The molecule has 1 N–H and O–H groups in total. The molecule has 0 saturated heterocycles. The van der Waals surface area contributed by atoms with Crippen LogP contribution in [0.15, 0.2) is 18.2 Å². The summed E-state index contributed by atoms with van der Waals surface area (Å²) >= 11 is 1.17. The van der Waals surface area contributed by atoms with Crippen molar-refractivity contribution >= 4 is 28.7 Å². The highest BCUT2D eigenvalue weighted by molar-refractivity contribution is 7.00. The number of nitrogens with one attached hydrogen (secondary N) is 1. The maximum Gasteiger partial charge on any atom is 0.224 e. The van der Waals surface area contributed by atoms with Gasteiger partial charge in [0.1, 0.15) is 11.0 Å². The van der Waals surface area contributed by atoms with Crippen LogP contribution in [0.5, 0.6) is 0 Å². The van der Waals surface area contributed by atoms with Gasteiger partial charge >= 0.3 is 0 Å². The lowest BCUT2D eigenvalue weighted by atomic mass is 10.1. The number of amides is 1. The Morgan fingerprint density at radius 2 is 2.36 bits per heavy atom. The van der Waals surface area contributed by atoms with Crippen LogP contribution in [0.4, 0.5) is 0 Å². The van der Waals surface area contributed by atoms with Gasteiger partial charge in [-0.05, 0) is 11.6 Å². The Morgan fingerprint density at radius 1 is 1.50 bits per heavy atom. The molecule has 4 nitrogen and oxygen atoms in total. The van der Waals surface area contributed by atoms with Gasteiger partial charge < -0.3 is 5.32 Å². The number of nitrogens with zero attached hydrogens (tertiary/aromatic N) is 2. The summed E-state index contributed by atoms with van der Waals surface area (Å²) in [5.41, 5.74) is 2.62. The maximum atomic E-state index is 11.2. The smallest absolute Gasteiger partial charge is 0.224 e. The molecule has 1 aromatic carbocycles. The first-order valence-electron chi connectivity index (χ1n) is 4.22. The van der Waals surface area contributed by atoms with Gasteiger partial charge in [0, 0.05) is 7.05 Å². The van der Waals surface area contributed by atoms with E-state index in [1.807, 2.05) is 18.2 Å². The third kappa shape index (κ3) is 1.58. The van der Waals surface area contributed by atoms with Crippen LogP contribution >= 0.6 is 11.7 Å². The molecule has 0 spiro atoms. The Bertz CT molecular complexity index is 466. The zero-order valence-electron chi connectivity index (χ0n) is 7.65. The second-order valence-electron chi connectivity index (χ2n) is 2.90. The van der Waals surface area contributed by atoms with E-state index in [0.29, 0.717) is 6.42 Å². The molecule has 1 heterocycles. The van der Waals surface area contributed by atoms with Crippen molar-refractivity contribution in [1.82, 2.24) is 14.1 Å². The first-order chi connectivity index (χ1) is 6.81. The van der Waals surface area contributed by atoms with Crippen molar-refractivity contribution in [3.8, 4) is 0 Å². The monoisotopic (exact) mass is 207 g/mol. The van der Waals surface area contributed by atoms with Crippen molar-refractivity contribution < 1.29 is 4.79 Å². The summed E-state index contributed by atoms with van der Waals surface area (Å²) in [4.78, 5) is 11.2. The number of hydrogen-bond donors (Lipinski definition) is 1. The van der Waals surface area contributed by atoms with Crippen molar-refractivity contribution in [2.45, 2.75) is 6.42 Å². The van der Waals surface area contributed by atoms with Gasteiger partial charge in [-0.25, -0.2) is 0 Å². The van der Waals surface area contributed by atoms with Crippen LogP contribution in [0.2, 0.25) is 0 Å². The fraction of sp³-hybridized carbons (Fsp3) is 0.222. The maximum absolute atomic E-state index is 11.2. The molecule has 14 heavy (non-hydrogen) atoms. The van der Waals surface area contributed by atoms with E-state index in [4.69, 9.17) is 0 Å². The zero-order valence-corrected chi connectivity index (χ0v) is 8.47. The molecule has 0 fully saturated rings. The number of fused-ring (bicyclic) bond motifs is 1. The van der Waals surface area contributed by atoms with Gasteiger partial charge in [0.15, 0.2) is 0 Å². The molecular formula is C9H9N3OS. The topological polar surface area (TPSA) is 54.9 Å². The Morgan fingerprint density at radius 3 is 3.14 bits per heavy atom. The van der Waals surface area contributed by atoms with Crippen molar-refractivity contribution in [3.05, 3.63) is 23.8 Å². The van der Waals surface area contributed by atoms with E-state index in [-0.39, 0.29) is 5.91 Å². The second kappa shape index (κ2) is 3.71. The highest BCUT2D eigenvalue weighted by Crippen LogP contribution is 2.16. The molecule has 0 aliphatic heterocycles. The Balaban J connectivity index is 2.41. The highest BCUT2D eigenvalue weighted by atomic mass is 32.1. The van der Waals surface area contributed by atoms with E-state index in [1.165, 1.54) is 11.7 Å². The number of benzene rings is 1. The first kappa shape index (κ1) is 9.08. The van der Waals surface area contributed by atoms with E-state index < -0.39 is 0 Å². The van der Waals surface area contributed by atoms with Gasteiger partial charge in [-0.2, -0.15) is 8.75 Å². The fourth-order valence-electron chi connectivity index (χ4n) is 1.27. The third-order valence-corrected chi connectivity index (χ3v) is 2.54. The van der Waals surface area contributed by atoms with Crippen LogP contribution in [0.1, 0.15) is 5.56 Å². The minimum atomic E-state index is -0.00880. The quantitative estimate of drug-likeness (QED) is 0.798. The summed E-state index contributed by atoms with van der Waals surface area (Å²) in [5.74, 6) is -0.00880. The summed E-state index contributed by atoms with van der Waals surface area (Å²) < 4.78 is 8.27. The van der Waals surface area contributed by atoms with E-state index in [2.05, 4.69) is 14.1 Å².